The second-order valence-corrected chi connectivity index (χ2v) is 5.05. The second kappa shape index (κ2) is 4.61. The second-order valence-electron chi connectivity index (χ2n) is 5.05. The highest BCUT2D eigenvalue weighted by molar-refractivity contribution is 5.91. The maximum Gasteiger partial charge on any atom is 0.415 e. The summed E-state index contributed by atoms with van der Waals surface area (Å²) in [4.78, 5) is 13.9. The van der Waals surface area contributed by atoms with Crippen molar-refractivity contribution in [1.82, 2.24) is 5.32 Å². The highest BCUT2D eigenvalue weighted by Gasteiger charge is 2.47. The molecule has 2 aliphatic rings. The topological polar surface area (TPSA) is 41.6 Å². The molecule has 0 bridgehead atoms. The molecule has 3 rings (SSSR count). The number of benzene rings is 1. The van der Waals surface area contributed by atoms with Crippen LogP contribution in [0.5, 0.6) is 0 Å². The maximum atomic E-state index is 12.0. The lowest BCUT2D eigenvalue weighted by Gasteiger charge is -2.34. The predicted molar refractivity (Wildman–Crippen MR) is 69.7 cm³/mol. The van der Waals surface area contributed by atoms with Gasteiger partial charge >= 0.3 is 6.09 Å². The molecule has 2 fully saturated rings. The first-order chi connectivity index (χ1) is 8.82. The number of nitrogens with one attached hydrogen (secondary N) is 1. The van der Waals surface area contributed by atoms with Crippen molar-refractivity contribution in [2.45, 2.75) is 24.8 Å². The molecule has 0 aromatic heterocycles. The third-order valence-electron chi connectivity index (χ3n) is 3.90. The summed E-state index contributed by atoms with van der Waals surface area (Å²) >= 11 is 0. The van der Waals surface area contributed by atoms with E-state index in [9.17, 15) is 4.79 Å². The van der Waals surface area contributed by atoms with Crippen molar-refractivity contribution in [3.63, 3.8) is 0 Å². The van der Waals surface area contributed by atoms with Crippen LogP contribution in [0.3, 0.4) is 0 Å². The van der Waals surface area contributed by atoms with Gasteiger partial charge in [0.25, 0.3) is 0 Å². The lowest BCUT2D eigenvalue weighted by Crippen LogP contribution is -2.48. The molecule has 4 nitrogen and oxygen atoms in total. The van der Waals surface area contributed by atoms with Crippen molar-refractivity contribution in [3.05, 3.63) is 30.3 Å². The van der Waals surface area contributed by atoms with E-state index in [-0.39, 0.29) is 11.6 Å². The third-order valence-corrected chi connectivity index (χ3v) is 3.90. The van der Waals surface area contributed by atoms with E-state index in [2.05, 4.69) is 5.32 Å². The van der Waals surface area contributed by atoms with Gasteiger partial charge in [0.05, 0.1) is 5.54 Å². The smallest absolute Gasteiger partial charge is 0.415 e. The van der Waals surface area contributed by atoms with E-state index in [0.29, 0.717) is 6.61 Å². The predicted octanol–water partition coefficient (Wildman–Crippen LogP) is 2.16. The number of anilines is 1. The van der Waals surface area contributed by atoms with Crippen LogP contribution < -0.4 is 10.2 Å². The molecule has 0 saturated carbocycles. The zero-order valence-corrected chi connectivity index (χ0v) is 10.4. The van der Waals surface area contributed by atoms with Gasteiger partial charge in [0.15, 0.2) is 0 Å². The van der Waals surface area contributed by atoms with Crippen molar-refractivity contribution in [1.29, 1.82) is 0 Å². The number of ether oxygens (including phenoxy) is 1. The first kappa shape index (κ1) is 11.5. The maximum absolute atomic E-state index is 12.0. The van der Waals surface area contributed by atoms with Crippen LogP contribution in [0.1, 0.15) is 19.3 Å². The lowest BCUT2D eigenvalue weighted by atomic mass is 9.90. The minimum Gasteiger partial charge on any atom is -0.447 e. The Bertz CT molecular complexity index is 425. The molecule has 2 saturated heterocycles. The quantitative estimate of drug-likeness (QED) is 0.825. The molecule has 1 N–H and O–H groups in total. The summed E-state index contributed by atoms with van der Waals surface area (Å²) in [6, 6.07) is 9.85. The van der Waals surface area contributed by atoms with Crippen LogP contribution in [0, 0.1) is 0 Å². The van der Waals surface area contributed by atoms with Crippen LogP contribution in [0.2, 0.25) is 0 Å². The molecule has 0 aliphatic carbocycles. The number of amides is 1. The normalized spacial score (nSPS) is 28.2. The Hall–Kier alpha value is -1.55. The first-order valence-corrected chi connectivity index (χ1v) is 6.55. The number of nitrogens with zero attached hydrogens (tertiary/aromatic N) is 1. The van der Waals surface area contributed by atoms with Crippen LogP contribution >= 0.6 is 0 Å². The number of hydrogen-bond acceptors (Lipinski definition) is 3. The van der Waals surface area contributed by atoms with E-state index in [1.165, 1.54) is 0 Å². The third kappa shape index (κ3) is 1.86. The minimum absolute atomic E-state index is 0.151. The van der Waals surface area contributed by atoms with E-state index in [1.807, 2.05) is 35.2 Å². The van der Waals surface area contributed by atoms with Gasteiger partial charge in [0.1, 0.15) is 6.61 Å². The monoisotopic (exact) mass is 246 g/mol. The highest BCUT2D eigenvalue weighted by Crippen LogP contribution is 2.37. The Morgan fingerprint density at radius 2 is 2.00 bits per heavy atom. The van der Waals surface area contributed by atoms with Gasteiger partial charge in [-0.15, -0.1) is 0 Å². The van der Waals surface area contributed by atoms with Gasteiger partial charge in [-0.05, 0) is 44.5 Å². The number of carbonyl (C=O) groups excluding carboxylic acids is 1. The molecule has 1 spiro atoms. The molecule has 2 aliphatic heterocycles. The number of rotatable bonds is 1. The van der Waals surface area contributed by atoms with Gasteiger partial charge in [0.2, 0.25) is 0 Å². The molecule has 1 aromatic rings. The van der Waals surface area contributed by atoms with E-state index in [4.69, 9.17) is 4.74 Å². The van der Waals surface area contributed by atoms with Crippen molar-refractivity contribution in [2.75, 3.05) is 24.6 Å². The molecule has 1 amide bonds. The summed E-state index contributed by atoms with van der Waals surface area (Å²) in [5, 5.41) is 3.39. The number of cyclic esters (lactones) is 1. The molecular formula is C14H18N2O2. The number of para-hydroxylation sites is 1. The summed E-state index contributed by atoms with van der Waals surface area (Å²) in [7, 11) is 0. The molecular weight excluding hydrogens is 228 g/mol. The van der Waals surface area contributed by atoms with E-state index in [0.717, 1.165) is 38.0 Å². The molecule has 0 radical (unpaired) electrons. The highest BCUT2D eigenvalue weighted by atomic mass is 16.6. The van der Waals surface area contributed by atoms with Crippen molar-refractivity contribution >= 4 is 11.8 Å². The fraction of sp³-hybridized carbons (Fsp3) is 0.500. The number of carbonyl (C=O) groups is 1. The zero-order chi connectivity index (χ0) is 12.4. The van der Waals surface area contributed by atoms with Crippen molar-refractivity contribution < 1.29 is 9.53 Å². The Morgan fingerprint density at radius 3 is 2.83 bits per heavy atom. The average Bonchev–Trinajstić information content (AvgIpc) is 2.58. The SMILES string of the molecule is O=C1OCC2(CCCNCC2)N1c1ccccc1. The summed E-state index contributed by atoms with van der Waals surface area (Å²) < 4.78 is 5.33. The lowest BCUT2D eigenvalue weighted by molar-refractivity contribution is 0.170. The molecule has 1 atom stereocenters. The van der Waals surface area contributed by atoms with E-state index < -0.39 is 0 Å². The molecule has 4 heteroatoms. The zero-order valence-electron chi connectivity index (χ0n) is 10.4. The summed E-state index contributed by atoms with van der Waals surface area (Å²) in [5.41, 5.74) is 0.795. The minimum atomic E-state index is -0.205. The van der Waals surface area contributed by atoms with Crippen LogP contribution in [0.4, 0.5) is 10.5 Å². The first-order valence-electron chi connectivity index (χ1n) is 6.55. The van der Waals surface area contributed by atoms with Gasteiger partial charge in [-0.1, -0.05) is 18.2 Å². The van der Waals surface area contributed by atoms with E-state index in [1.54, 1.807) is 0 Å². The largest absolute Gasteiger partial charge is 0.447 e. The van der Waals surface area contributed by atoms with Crippen molar-refractivity contribution in [3.8, 4) is 0 Å². The Labute approximate surface area is 107 Å². The Morgan fingerprint density at radius 1 is 1.17 bits per heavy atom. The van der Waals surface area contributed by atoms with Gasteiger partial charge in [0, 0.05) is 5.69 Å². The fourth-order valence-electron chi connectivity index (χ4n) is 2.96. The summed E-state index contributed by atoms with van der Waals surface area (Å²) in [6.45, 7) is 2.49. The number of hydrogen-bond donors (Lipinski definition) is 1. The molecule has 2 heterocycles. The van der Waals surface area contributed by atoms with Gasteiger partial charge in [-0.25, -0.2) is 4.79 Å². The molecule has 1 aromatic carbocycles. The fourth-order valence-corrected chi connectivity index (χ4v) is 2.96. The summed E-state index contributed by atoms with van der Waals surface area (Å²) in [6.07, 6.45) is 2.83. The molecule has 96 valence electrons. The van der Waals surface area contributed by atoms with Crippen LogP contribution in [0.25, 0.3) is 0 Å². The molecule has 1 unspecified atom stereocenters. The van der Waals surface area contributed by atoms with Gasteiger partial charge in [-0.3, -0.25) is 4.90 Å². The average molecular weight is 246 g/mol. The van der Waals surface area contributed by atoms with Crippen LogP contribution in [0.15, 0.2) is 30.3 Å². The van der Waals surface area contributed by atoms with Gasteiger partial charge < -0.3 is 10.1 Å². The Kier molecular flexibility index (Phi) is 2.96. The van der Waals surface area contributed by atoms with Crippen molar-refractivity contribution in [2.24, 2.45) is 0 Å². The van der Waals surface area contributed by atoms with Gasteiger partial charge in [-0.2, -0.15) is 0 Å². The van der Waals surface area contributed by atoms with Crippen LogP contribution in [-0.4, -0.2) is 31.3 Å². The Balaban J connectivity index is 1.96. The summed E-state index contributed by atoms with van der Waals surface area (Å²) in [5.74, 6) is 0. The van der Waals surface area contributed by atoms with E-state index >= 15 is 0 Å². The standard InChI is InChI=1S/C14H18N2O2/c17-13-16(12-5-2-1-3-6-12)14(11-18-13)7-4-9-15-10-8-14/h1-3,5-6,15H,4,7-11H2. The molecule has 18 heavy (non-hydrogen) atoms. The van der Waals surface area contributed by atoms with Crippen LogP contribution in [-0.2, 0) is 4.74 Å².